The molecule has 0 saturated carbocycles. The Balaban J connectivity index is 1.73. The predicted molar refractivity (Wildman–Crippen MR) is 69.3 cm³/mol. The molecule has 1 aromatic heterocycles. The number of ether oxygens (including phenoxy) is 1. The highest BCUT2D eigenvalue weighted by Crippen LogP contribution is 2.01. The number of amidine groups is 1. The van der Waals surface area contributed by atoms with Crippen LogP contribution in [-0.4, -0.2) is 22.2 Å². The summed E-state index contributed by atoms with van der Waals surface area (Å²) < 4.78 is 7.27. The van der Waals surface area contributed by atoms with Gasteiger partial charge in [-0.3, -0.25) is 10.1 Å². The van der Waals surface area contributed by atoms with E-state index in [2.05, 4.69) is 5.10 Å². The van der Waals surface area contributed by atoms with Crippen LogP contribution in [0.1, 0.15) is 11.1 Å². The fourth-order valence-corrected chi connectivity index (χ4v) is 1.55. The minimum Gasteiger partial charge on any atom is -0.384 e. The molecular formula is C13H16N4O. The number of nitrogens with two attached hydrogens (primary N) is 1. The van der Waals surface area contributed by atoms with E-state index in [-0.39, 0.29) is 5.84 Å². The van der Waals surface area contributed by atoms with E-state index in [0.29, 0.717) is 25.3 Å². The average Bonchev–Trinajstić information content (AvgIpc) is 2.85. The van der Waals surface area contributed by atoms with Gasteiger partial charge in [-0.2, -0.15) is 5.10 Å². The summed E-state index contributed by atoms with van der Waals surface area (Å²) in [6.07, 6.45) is 3.33. The maximum Gasteiger partial charge on any atom is 0.125 e. The highest BCUT2D eigenvalue weighted by Gasteiger charge is 2.00. The Labute approximate surface area is 106 Å². The molecule has 1 aromatic carbocycles. The molecule has 0 fully saturated rings. The molecule has 0 atom stereocenters. The molecule has 5 heteroatoms. The Bertz CT molecular complexity index is 507. The summed E-state index contributed by atoms with van der Waals surface area (Å²) in [5, 5.41) is 11.4. The SMILES string of the molecule is N=C(N)c1cnn(CCOCc2ccccc2)c1. The predicted octanol–water partition coefficient (Wildman–Crippen LogP) is 1.38. The summed E-state index contributed by atoms with van der Waals surface area (Å²) in [4.78, 5) is 0. The van der Waals surface area contributed by atoms with Gasteiger partial charge in [0.15, 0.2) is 0 Å². The number of nitrogens with zero attached hydrogens (tertiary/aromatic N) is 2. The van der Waals surface area contributed by atoms with E-state index in [1.54, 1.807) is 17.1 Å². The van der Waals surface area contributed by atoms with Crippen LogP contribution >= 0.6 is 0 Å². The third-order valence-corrected chi connectivity index (χ3v) is 2.52. The topological polar surface area (TPSA) is 76.9 Å². The van der Waals surface area contributed by atoms with Gasteiger partial charge in [-0.1, -0.05) is 30.3 Å². The Kier molecular flexibility index (Phi) is 4.09. The highest BCUT2D eigenvalue weighted by molar-refractivity contribution is 5.94. The molecule has 5 nitrogen and oxygen atoms in total. The smallest absolute Gasteiger partial charge is 0.125 e. The van der Waals surface area contributed by atoms with Gasteiger partial charge >= 0.3 is 0 Å². The first kappa shape index (κ1) is 12.3. The Morgan fingerprint density at radius 2 is 2.11 bits per heavy atom. The highest BCUT2D eigenvalue weighted by atomic mass is 16.5. The summed E-state index contributed by atoms with van der Waals surface area (Å²) in [6, 6.07) is 10.0. The van der Waals surface area contributed by atoms with Crippen LogP contribution < -0.4 is 5.73 Å². The quantitative estimate of drug-likeness (QED) is 0.458. The molecule has 0 aliphatic carbocycles. The van der Waals surface area contributed by atoms with E-state index >= 15 is 0 Å². The first-order valence-electron chi connectivity index (χ1n) is 5.74. The summed E-state index contributed by atoms with van der Waals surface area (Å²) in [7, 11) is 0. The van der Waals surface area contributed by atoms with Crippen LogP contribution in [0.5, 0.6) is 0 Å². The fraction of sp³-hybridized carbons (Fsp3) is 0.231. The van der Waals surface area contributed by atoms with Crippen LogP contribution in [0.2, 0.25) is 0 Å². The zero-order valence-corrected chi connectivity index (χ0v) is 10.0. The summed E-state index contributed by atoms with van der Waals surface area (Å²) in [5.41, 5.74) is 7.15. The van der Waals surface area contributed by atoms with Crippen molar-refractivity contribution in [3.8, 4) is 0 Å². The van der Waals surface area contributed by atoms with Crippen molar-refractivity contribution in [2.45, 2.75) is 13.2 Å². The molecule has 0 unspecified atom stereocenters. The molecule has 0 bridgehead atoms. The number of benzene rings is 1. The number of rotatable bonds is 6. The Morgan fingerprint density at radius 3 is 2.78 bits per heavy atom. The van der Waals surface area contributed by atoms with Crippen LogP contribution in [0.15, 0.2) is 42.7 Å². The molecule has 0 aliphatic heterocycles. The van der Waals surface area contributed by atoms with Crippen LogP contribution in [0.3, 0.4) is 0 Å². The zero-order valence-electron chi connectivity index (χ0n) is 10.0. The molecule has 0 saturated heterocycles. The van der Waals surface area contributed by atoms with Crippen molar-refractivity contribution in [1.82, 2.24) is 9.78 Å². The molecule has 1 heterocycles. The van der Waals surface area contributed by atoms with Gasteiger partial charge in [0.25, 0.3) is 0 Å². The van der Waals surface area contributed by atoms with Crippen molar-refractivity contribution in [2.24, 2.45) is 5.73 Å². The average molecular weight is 244 g/mol. The van der Waals surface area contributed by atoms with Gasteiger partial charge in [0.05, 0.1) is 31.5 Å². The molecular weight excluding hydrogens is 228 g/mol. The second-order valence-corrected chi connectivity index (χ2v) is 3.94. The molecule has 0 spiro atoms. The maximum atomic E-state index is 7.27. The molecule has 2 rings (SSSR count). The first-order valence-corrected chi connectivity index (χ1v) is 5.74. The van der Waals surface area contributed by atoms with Crippen molar-refractivity contribution >= 4 is 5.84 Å². The van der Waals surface area contributed by atoms with Crippen molar-refractivity contribution < 1.29 is 4.74 Å². The van der Waals surface area contributed by atoms with Crippen LogP contribution in [0.4, 0.5) is 0 Å². The van der Waals surface area contributed by atoms with Crippen LogP contribution in [-0.2, 0) is 17.9 Å². The third-order valence-electron chi connectivity index (χ3n) is 2.52. The summed E-state index contributed by atoms with van der Waals surface area (Å²) >= 11 is 0. The van der Waals surface area contributed by atoms with E-state index in [0.717, 1.165) is 5.56 Å². The van der Waals surface area contributed by atoms with Gasteiger partial charge in [0.2, 0.25) is 0 Å². The second-order valence-electron chi connectivity index (χ2n) is 3.94. The zero-order chi connectivity index (χ0) is 12.8. The van der Waals surface area contributed by atoms with E-state index in [1.807, 2.05) is 30.3 Å². The van der Waals surface area contributed by atoms with E-state index in [1.165, 1.54) is 0 Å². The van der Waals surface area contributed by atoms with E-state index in [9.17, 15) is 0 Å². The lowest BCUT2D eigenvalue weighted by atomic mass is 10.2. The Hall–Kier alpha value is -2.14. The van der Waals surface area contributed by atoms with Crippen molar-refractivity contribution in [3.05, 3.63) is 53.9 Å². The number of nitrogen functional groups attached to an aromatic ring is 1. The second kappa shape index (κ2) is 5.97. The largest absolute Gasteiger partial charge is 0.384 e. The molecule has 3 N–H and O–H groups in total. The van der Waals surface area contributed by atoms with Gasteiger partial charge in [-0.25, -0.2) is 0 Å². The molecule has 0 radical (unpaired) electrons. The number of nitrogens with one attached hydrogen (secondary N) is 1. The van der Waals surface area contributed by atoms with E-state index < -0.39 is 0 Å². The van der Waals surface area contributed by atoms with Gasteiger partial charge in [0.1, 0.15) is 5.84 Å². The van der Waals surface area contributed by atoms with Crippen LogP contribution in [0.25, 0.3) is 0 Å². The minimum absolute atomic E-state index is 0.0338. The van der Waals surface area contributed by atoms with Crippen molar-refractivity contribution in [2.75, 3.05) is 6.61 Å². The normalized spacial score (nSPS) is 10.4. The first-order chi connectivity index (χ1) is 8.75. The lowest BCUT2D eigenvalue weighted by molar-refractivity contribution is 0.111. The summed E-state index contributed by atoms with van der Waals surface area (Å²) in [5.74, 6) is 0.0338. The maximum absolute atomic E-state index is 7.27. The Morgan fingerprint density at radius 1 is 1.33 bits per heavy atom. The van der Waals surface area contributed by atoms with Gasteiger partial charge < -0.3 is 10.5 Å². The number of hydrogen-bond donors (Lipinski definition) is 2. The standard InChI is InChI=1S/C13H16N4O/c14-13(15)12-8-16-17(9-12)6-7-18-10-11-4-2-1-3-5-11/h1-5,8-9H,6-7,10H2,(H3,14,15). The third kappa shape index (κ3) is 3.43. The van der Waals surface area contributed by atoms with Crippen LogP contribution in [0, 0.1) is 5.41 Å². The molecule has 94 valence electrons. The number of aromatic nitrogens is 2. The van der Waals surface area contributed by atoms with Gasteiger partial charge in [0, 0.05) is 6.20 Å². The lowest BCUT2D eigenvalue weighted by Crippen LogP contribution is -2.10. The molecule has 0 aliphatic rings. The minimum atomic E-state index is 0.0338. The molecule has 0 amide bonds. The summed E-state index contributed by atoms with van der Waals surface area (Å²) in [6.45, 7) is 1.83. The van der Waals surface area contributed by atoms with Gasteiger partial charge in [-0.15, -0.1) is 0 Å². The molecule has 2 aromatic rings. The van der Waals surface area contributed by atoms with Crippen molar-refractivity contribution in [1.29, 1.82) is 5.41 Å². The van der Waals surface area contributed by atoms with E-state index in [4.69, 9.17) is 15.9 Å². The number of hydrogen-bond acceptors (Lipinski definition) is 3. The van der Waals surface area contributed by atoms with Crippen molar-refractivity contribution in [3.63, 3.8) is 0 Å². The fourth-order valence-electron chi connectivity index (χ4n) is 1.55. The van der Waals surface area contributed by atoms with Gasteiger partial charge in [-0.05, 0) is 5.56 Å². The lowest BCUT2D eigenvalue weighted by Gasteiger charge is -2.04. The molecule has 18 heavy (non-hydrogen) atoms. The monoisotopic (exact) mass is 244 g/mol.